The Balaban J connectivity index is 1.32. The molecule has 0 saturated carbocycles. The van der Waals surface area contributed by atoms with Crippen LogP contribution in [0.1, 0.15) is 24.3 Å². The third kappa shape index (κ3) is 5.42. The molecule has 0 radical (unpaired) electrons. The maximum Gasteiger partial charge on any atom is 0.241 e. The van der Waals surface area contributed by atoms with Gasteiger partial charge >= 0.3 is 0 Å². The Kier molecular flexibility index (Phi) is 6.84. The summed E-state index contributed by atoms with van der Waals surface area (Å²) in [5.74, 6) is 1.85. The third-order valence-corrected chi connectivity index (χ3v) is 5.70. The molecule has 1 amide bonds. The highest BCUT2D eigenvalue weighted by Crippen LogP contribution is 2.22. The van der Waals surface area contributed by atoms with E-state index in [4.69, 9.17) is 20.9 Å². The van der Waals surface area contributed by atoms with E-state index in [-0.39, 0.29) is 11.8 Å². The number of benzene rings is 2. The lowest BCUT2D eigenvalue weighted by atomic mass is 9.97. The van der Waals surface area contributed by atoms with Crippen LogP contribution < -0.4 is 10.1 Å². The van der Waals surface area contributed by atoms with E-state index in [0.717, 1.165) is 36.3 Å². The van der Waals surface area contributed by atoms with Gasteiger partial charge in [0.15, 0.2) is 0 Å². The summed E-state index contributed by atoms with van der Waals surface area (Å²) >= 11 is 5.93. The van der Waals surface area contributed by atoms with Gasteiger partial charge in [-0.1, -0.05) is 35.0 Å². The average molecular weight is 441 g/mol. The van der Waals surface area contributed by atoms with E-state index in [0.29, 0.717) is 36.4 Å². The van der Waals surface area contributed by atoms with Crippen LogP contribution in [-0.4, -0.2) is 41.1 Å². The van der Waals surface area contributed by atoms with Crippen LogP contribution in [0, 0.1) is 5.92 Å². The fraction of sp³-hybridized carbons (Fsp3) is 0.348. The van der Waals surface area contributed by atoms with Crippen LogP contribution in [-0.2, 0) is 17.9 Å². The summed E-state index contributed by atoms with van der Waals surface area (Å²) in [7, 11) is 1.63. The number of piperidine rings is 1. The van der Waals surface area contributed by atoms with Gasteiger partial charge in [0.1, 0.15) is 5.75 Å². The van der Waals surface area contributed by atoms with Crippen molar-refractivity contribution < 1.29 is 14.1 Å². The minimum absolute atomic E-state index is 0.0583. The molecule has 1 N–H and O–H groups in total. The molecule has 3 aromatic rings. The fourth-order valence-electron chi connectivity index (χ4n) is 3.82. The summed E-state index contributed by atoms with van der Waals surface area (Å²) in [5.41, 5.74) is 1.82. The first-order valence-corrected chi connectivity index (χ1v) is 10.7. The molecule has 31 heavy (non-hydrogen) atoms. The maximum absolute atomic E-state index is 12.7. The predicted molar refractivity (Wildman–Crippen MR) is 118 cm³/mol. The molecule has 1 aromatic heterocycles. The second-order valence-electron chi connectivity index (χ2n) is 7.62. The zero-order valence-corrected chi connectivity index (χ0v) is 18.1. The van der Waals surface area contributed by atoms with E-state index in [1.54, 1.807) is 19.2 Å². The molecule has 162 valence electrons. The van der Waals surface area contributed by atoms with E-state index in [2.05, 4.69) is 20.4 Å². The Bertz CT molecular complexity index is 1020. The van der Waals surface area contributed by atoms with E-state index >= 15 is 0 Å². The number of ether oxygens (including phenoxy) is 1. The van der Waals surface area contributed by atoms with Crippen LogP contribution in [0.2, 0.25) is 5.02 Å². The highest BCUT2D eigenvalue weighted by Gasteiger charge is 2.27. The predicted octanol–water partition coefficient (Wildman–Crippen LogP) is 3.93. The summed E-state index contributed by atoms with van der Waals surface area (Å²) in [5, 5.41) is 7.78. The normalized spacial score (nSPS) is 16.8. The van der Waals surface area contributed by atoms with E-state index in [1.807, 2.05) is 36.4 Å². The lowest BCUT2D eigenvalue weighted by Gasteiger charge is -2.30. The van der Waals surface area contributed by atoms with Gasteiger partial charge in [-0.25, -0.2) is 0 Å². The molecule has 1 fully saturated rings. The number of hydrogen-bond acceptors (Lipinski definition) is 6. The lowest BCUT2D eigenvalue weighted by molar-refractivity contribution is -0.127. The molecule has 1 aliphatic rings. The number of nitrogens with zero attached hydrogens (tertiary/aromatic N) is 3. The van der Waals surface area contributed by atoms with Crippen LogP contribution in [0.15, 0.2) is 53.1 Å². The molecule has 2 heterocycles. The summed E-state index contributed by atoms with van der Waals surface area (Å²) in [6.45, 7) is 2.54. The Morgan fingerprint density at radius 3 is 2.87 bits per heavy atom. The highest BCUT2D eigenvalue weighted by molar-refractivity contribution is 6.30. The van der Waals surface area contributed by atoms with Crippen molar-refractivity contribution in [3.05, 3.63) is 65.0 Å². The molecule has 2 aromatic carbocycles. The standard InChI is InChI=1S/C23H25ClN4O3/c1-30-20-7-3-2-5-17(20)13-25-23(29)18-6-4-12-28(14-18)15-21-26-22(27-31-21)16-8-10-19(24)11-9-16/h2-3,5,7-11,18H,4,6,12-15H2,1H3,(H,25,29). The number of methoxy groups -OCH3 is 1. The minimum atomic E-state index is -0.0675. The van der Waals surface area contributed by atoms with Gasteiger partial charge < -0.3 is 14.6 Å². The van der Waals surface area contributed by atoms with Gasteiger partial charge in [-0.15, -0.1) is 0 Å². The first kappa shape index (κ1) is 21.3. The lowest BCUT2D eigenvalue weighted by Crippen LogP contribution is -2.42. The molecule has 1 aliphatic heterocycles. The van der Waals surface area contributed by atoms with Crippen molar-refractivity contribution in [2.75, 3.05) is 20.2 Å². The fourth-order valence-corrected chi connectivity index (χ4v) is 3.94. The summed E-state index contributed by atoms with van der Waals surface area (Å²) < 4.78 is 10.8. The molecule has 4 rings (SSSR count). The van der Waals surface area contributed by atoms with Gasteiger partial charge in [0, 0.05) is 29.2 Å². The second kappa shape index (κ2) is 9.94. The van der Waals surface area contributed by atoms with Crippen LogP contribution in [0.25, 0.3) is 11.4 Å². The molecular weight excluding hydrogens is 416 g/mol. The number of likely N-dealkylation sites (tertiary alicyclic amines) is 1. The smallest absolute Gasteiger partial charge is 0.241 e. The van der Waals surface area contributed by atoms with Crippen LogP contribution in [0.5, 0.6) is 5.75 Å². The molecule has 0 aliphatic carbocycles. The molecule has 0 bridgehead atoms. The minimum Gasteiger partial charge on any atom is -0.496 e. The van der Waals surface area contributed by atoms with Gasteiger partial charge in [0.05, 0.1) is 19.6 Å². The quantitative estimate of drug-likeness (QED) is 0.599. The summed E-state index contributed by atoms with van der Waals surface area (Å²) in [4.78, 5) is 19.4. The van der Waals surface area contributed by atoms with Crippen molar-refractivity contribution in [3.63, 3.8) is 0 Å². The number of amides is 1. The third-order valence-electron chi connectivity index (χ3n) is 5.45. The number of nitrogens with one attached hydrogen (secondary N) is 1. The molecule has 0 spiro atoms. The van der Waals surface area contributed by atoms with Gasteiger partial charge in [0.2, 0.25) is 17.6 Å². The first-order valence-electron chi connectivity index (χ1n) is 10.3. The number of para-hydroxylation sites is 1. The van der Waals surface area contributed by atoms with Crippen molar-refractivity contribution in [3.8, 4) is 17.1 Å². The van der Waals surface area contributed by atoms with Gasteiger partial charge in [-0.05, 0) is 49.7 Å². The SMILES string of the molecule is COc1ccccc1CNC(=O)C1CCCN(Cc2nc(-c3ccc(Cl)cc3)no2)C1. The van der Waals surface area contributed by atoms with Crippen LogP contribution in [0.4, 0.5) is 0 Å². The molecular formula is C23H25ClN4O3. The highest BCUT2D eigenvalue weighted by atomic mass is 35.5. The summed E-state index contributed by atoms with van der Waals surface area (Å²) in [6, 6.07) is 15.0. The monoisotopic (exact) mass is 440 g/mol. The van der Waals surface area contributed by atoms with Crippen molar-refractivity contribution in [2.24, 2.45) is 5.92 Å². The molecule has 1 saturated heterocycles. The van der Waals surface area contributed by atoms with Gasteiger partial charge in [-0.2, -0.15) is 4.98 Å². The Morgan fingerprint density at radius 2 is 2.06 bits per heavy atom. The number of aromatic nitrogens is 2. The number of carbonyl (C=O) groups excluding carboxylic acids is 1. The van der Waals surface area contributed by atoms with E-state index in [9.17, 15) is 4.79 Å². The average Bonchev–Trinajstić information content (AvgIpc) is 3.26. The first-order chi connectivity index (χ1) is 15.1. The Morgan fingerprint density at radius 1 is 1.26 bits per heavy atom. The molecule has 1 atom stereocenters. The van der Waals surface area contributed by atoms with Crippen LogP contribution in [0.3, 0.4) is 0 Å². The van der Waals surface area contributed by atoms with Crippen molar-refractivity contribution in [1.29, 1.82) is 0 Å². The Labute approximate surface area is 186 Å². The Hall–Kier alpha value is -2.90. The number of carbonyl (C=O) groups is 1. The molecule has 1 unspecified atom stereocenters. The number of rotatable bonds is 7. The van der Waals surface area contributed by atoms with Gasteiger partial charge in [0.25, 0.3) is 0 Å². The van der Waals surface area contributed by atoms with Crippen molar-refractivity contribution in [2.45, 2.75) is 25.9 Å². The van der Waals surface area contributed by atoms with Crippen molar-refractivity contribution >= 4 is 17.5 Å². The van der Waals surface area contributed by atoms with Crippen molar-refractivity contribution in [1.82, 2.24) is 20.4 Å². The number of halogens is 1. The maximum atomic E-state index is 12.7. The van der Waals surface area contributed by atoms with Crippen LogP contribution >= 0.6 is 11.6 Å². The largest absolute Gasteiger partial charge is 0.496 e. The van der Waals surface area contributed by atoms with E-state index < -0.39 is 0 Å². The molecule has 8 heteroatoms. The van der Waals surface area contributed by atoms with Gasteiger partial charge in [-0.3, -0.25) is 9.69 Å². The molecule has 7 nitrogen and oxygen atoms in total. The zero-order valence-electron chi connectivity index (χ0n) is 17.4. The topological polar surface area (TPSA) is 80.5 Å². The summed E-state index contributed by atoms with van der Waals surface area (Å²) in [6.07, 6.45) is 1.82. The zero-order chi connectivity index (χ0) is 21.6. The number of hydrogen-bond donors (Lipinski definition) is 1. The van der Waals surface area contributed by atoms with E-state index in [1.165, 1.54) is 0 Å². The second-order valence-corrected chi connectivity index (χ2v) is 8.06.